The molecule has 0 saturated heterocycles. The molecule has 0 saturated carbocycles. The maximum Gasteiger partial charge on any atom is 0.260 e. The van der Waals surface area contributed by atoms with Gasteiger partial charge in [-0.15, -0.1) is 0 Å². The first-order valence-electron chi connectivity index (χ1n) is 8.60. The van der Waals surface area contributed by atoms with E-state index >= 15 is 0 Å². The van der Waals surface area contributed by atoms with Crippen LogP contribution in [0.2, 0.25) is 5.02 Å². The Labute approximate surface area is 175 Å². The average Bonchev–Trinajstić information content (AvgIpc) is 2.64. The third-order valence-electron chi connectivity index (χ3n) is 3.74. The summed E-state index contributed by atoms with van der Waals surface area (Å²) >= 11 is 5.93. The highest BCUT2D eigenvalue weighted by Crippen LogP contribution is 2.25. The van der Waals surface area contributed by atoms with E-state index in [1.807, 2.05) is 0 Å². The van der Waals surface area contributed by atoms with Crippen LogP contribution in [0, 0.1) is 6.92 Å². The van der Waals surface area contributed by atoms with Gasteiger partial charge in [0, 0.05) is 5.02 Å². The Hall–Kier alpha value is -2.84. The summed E-state index contributed by atoms with van der Waals surface area (Å²) in [5.74, 6) is 0.0572. The fraction of sp³-hybridized carbons (Fsp3) is 0.200. The summed E-state index contributed by atoms with van der Waals surface area (Å²) in [6.07, 6.45) is 4.11. The quantitative estimate of drug-likeness (QED) is 0.372. The Kier molecular flexibility index (Phi) is 7.81. The molecule has 0 unspecified atom stereocenters. The largest absolute Gasteiger partial charge is 0.490 e. The number of rotatable bonds is 9. The highest BCUT2D eigenvalue weighted by molar-refractivity contribution is 7.92. The molecule has 9 heteroatoms. The minimum Gasteiger partial charge on any atom is -0.490 e. The van der Waals surface area contributed by atoms with Crippen molar-refractivity contribution in [2.24, 2.45) is 5.10 Å². The van der Waals surface area contributed by atoms with E-state index in [1.165, 1.54) is 6.21 Å². The molecule has 154 valence electrons. The predicted molar refractivity (Wildman–Crippen MR) is 116 cm³/mol. The van der Waals surface area contributed by atoms with Crippen molar-refractivity contribution in [3.63, 3.8) is 0 Å². The SMILES string of the molecule is C=CCOc1cccc(/C=N\NC(=O)CN(c2ccc(Cl)cc2C)S(C)(=O)=O)c1. The van der Waals surface area contributed by atoms with Crippen molar-refractivity contribution < 1.29 is 17.9 Å². The number of carbonyl (C=O) groups excluding carboxylic acids is 1. The third kappa shape index (κ3) is 6.92. The molecule has 0 aliphatic heterocycles. The normalized spacial score (nSPS) is 11.3. The number of anilines is 1. The lowest BCUT2D eigenvalue weighted by atomic mass is 10.2. The lowest BCUT2D eigenvalue weighted by Crippen LogP contribution is -2.39. The van der Waals surface area contributed by atoms with Crippen LogP contribution in [0.3, 0.4) is 0 Å². The maximum absolute atomic E-state index is 12.3. The van der Waals surface area contributed by atoms with Crippen LogP contribution in [0.1, 0.15) is 11.1 Å². The van der Waals surface area contributed by atoms with Crippen molar-refractivity contribution in [3.8, 4) is 5.75 Å². The smallest absolute Gasteiger partial charge is 0.260 e. The van der Waals surface area contributed by atoms with E-state index < -0.39 is 22.5 Å². The number of amides is 1. The van der Waals surface area contributed by atoms with Crippen molar-refractivity contribution in [2.45, 2.75) is 6.92 Å². The van der Waals surface area contributed by atoms with Gasteiger partial charge in [0.1, 0.15) is 18.9 Å². The molecule has 1 amide bonds. The molecule has 7 nitrogen and oxygen atoms in total. The number of hydrogen-bond donors (Lipinski definition) is 1. The second-order valence-corrected chi connectivity index (χ2v) is 8.51. The lowest BCUT2D eigenvalue weighted by molar-refractivity contribution is -0.119. The third-order valence-corrected chi connectivity index (χ3v) is 5.11. The van der Waals surface area contributed by atoms with Gasteiger partial charge in [-0.1, -0.05) is 36.4 Å². The molecule has 0 radical (unpaired) electrons. The van der Waals surface area contributed by atoms with Crippen LogP contribution < -0.4 is 14.5 Å². The number of sulfonamides is 1. The zero-order valence-electron chi connectivity index (χ0n) is 16.1. The Morgan fingerprint density at radius 3 is 2.72 bits per heavy atom. The first-order valence-corrected chi connectivity index (χ1v) is 10.8. The first-order chi connectivity index (χ1) is 13.7. The number of carbonyl (C=O) groups is 1. The Morgan fingerprint density at radius 2 is 2.07 bits per heavy atom. The average molecular weight is 436 g/mol. The standard InChI is InChI=1S/C20H22ClN3O4S/c1-4-10-28-18-7-5-6-16(12-18)13-22-23-20(25)14-24(29(3,26)27)19-9-8-17(21)11-15(19)2/h4-9,11-13H,1,10,14H2,2-3H3,(H,23,25)/b22-13-. The maximum atomic E-state index is 12.3. The van der Waals surface area contributed by atoms with E-state index in [-0.39, 0.29) is 0 Å². The second-order valence-electron chi connectivity index (χ2n) is 6.17. The van der Waals surface area contributed by atoms with Crippen LogP contribution in [0.25, 0.3) is 0 Å². The minimum atomic E-state index is -3.69. The van der Waals surface area contributed by atoms with E-state index in [1.54, 1.807) is 55.5 Å². The van der Waals surface area contributed by atoms with Crippen LogP contribution in [0.5, 0.6) is 5.75 Å². The van der Waals surface area contributed by atoms with Crippen LogP contribution in [-0.2, 0) is 14.8 Å². The van der Waals surface area contributed by atoms with Crippen LogP contribution >= 0.6 is 11.6 Å². The summed E-state index contributed by atoms with van der Waals surface area (Å²) in [7, 11) is -3.69. The molecule has 2 rings (SSSR count). The molecule has 0 aliphatic rings. The van der Waals surface area contributed by atoms with Crippen molar-refractivity contribution in [3.05, 3.63) is 71.3 Å². The zero-order chi connectivity index (χ0) is 21.4. The zero-order valence-corrected chi connectivity index (χ0v) is 17.7. The van der Waals surface area contributed by atoms with Crippen LogP contribution in [0.4, 0.5) is 5.69 Å². The predicted octanol–water partition coefficient (Wildman–Crippen LogP) is 3.13. The molecule has 0 atom stereocenters. The summed E-state index contributed by atoms with van der Waals surface area (Å²) in [6, 6.07) is 11.9. The van der Waals surface area contributed by atoms with E-state index in [0.29, 0.717) is 34.2 Å². The number of aryl methyl sites for hydroxylation is 1. The van der Waals surface area contributed by atoms with E-state index in [9.17, 15) is 13.2 Å². The number of ether oxygens (including phenoxy) is 1. The molecule has 0 fully saturated rings. The van der Waals surface area contributed by atoms with Gasteiger partial charge in [0.05, 0.1) is 18.2 Å². The van der Waals surface area contributed by atoms with Gasteiger partial charge in [-0.3, -0.25) is 9.10 Å². The topological polar surface area (TPSA) is 88.1 Å². The number of nitrogens with one attached hydrogen (secondary N) is 1. The van der Waals surface area contributed by atoms with Crippen LogP contribution in [0.15, 0.2) is 60.2 Å². The summed E-state index contributed by atoms with van der Waals surface area (Å²) in [6.45, 7) is 5.27. The molecule has 0 spiro atoms. The molecule has 29 heavy (non-hydrogen) atoms. The van der Waals surface area contributed by atoms with Gasteiger partial charge in [0.25, 0.3) is 5.91 Å². The van der Waals surface area contributed by atoms with Gasteiger partial charge in [-0.25, -0.2) is 13.8 Å². The fourth-order valence-corrected chi connectivity index (χ4v) is 3.60. The second kappa shape index (κ2) is 10.1. The molecule has 0 aromatic heterocycles. The number of benzene rings is 2. The fourth-order valence-electron chi connectivity index (χ4n) is 2.46. The van der Waals surface area contributed by atoms with Crippen molar-refractivity contribution in [1.82, 2.24) is 5.43 Å². The first kappa shape index (κ1) is 22.4. The molecule has 0 aliphatic carbocycles. The van der Waals surface area contributed by atoms with Gasteiger partial charge in [0.2, 0.25) is 10.0 Å². The van der Waals surface area contributed by atoms with E-state index in [2.05, 4.69) is 17.1 Å². The molecule has 2 aromatic rings. The van der Waals surface area contributed by atoms with Gasteiger partial charge in [-0.05, 0) is 48.4 Å². The van der Waals surface area contributed by atoms with Gasteiger partial charge in [-0.2, -0.15) is 5.10 Å². The van der Waals surface area contributed by atoms with Crippen molar-refractivity contribution in [2.75, 3.05) is 23.7 Å². The molecular weight excluding hydrogens is 414 g/mol. The Balaban J connectivity index is 2.07. The minimum absolute atomic E-state index is 0.378. The number of halogens is 1. The molecule has 1 N–H and O–H groups in total. The number of hydrogen-bond acceptors (Lipinski definition) is 5. The summed E-state index contributed by atoms with van der Waals surface area (Å²) in [5.41, 5.74) is 4.06. The van der Waals surface area contributed by atoms with Gasteiger partial charge >= 0.3 is 0 Å². The highest BCUT2D eigenvalue weighted by atomic mass is 35.5. The van der Waals surface area contributed by atoms with Gasteiger partial charge < -0.3 is 4.74 Å². The monoisotopic (exact) mass is 435 g/mol. The summed E-state index contributed by atoms with van der Waals surface area (Å²) in [4.78, 5) is 12.3. The van der Waals surface area contributed by atoms with E-state index in [0.717, 1.165) is 10.6 Å². The van der Waals surface area contributed by atoms with Crippen LogP contribution in [-0.4, -0.2) is 39.9 Å². The molecule has 0 heterocycles. The number of nitrogens with zero attached hydrogens (tertiary/aromatic N) is 2. The Bertz CT molecular complexity index is 1020. The highest BCUT2D eigenvalue weighted by Gasteiger charge is 2.22. The summed E-state index contributed by atoms with van der Waals surface area (Å²) in [5, 5.41) is 4.37. The number of hydrazone groups is 1. The van der Waals surface area contributed by atoms with Crippen molar-refractivity contribution >= 4 is 39.4 Å². The van der Waals surface area contributed by atoms with E-state index in [4.69, 9.17) is 16.3 Å². The summed E-state index contributed by atoms with van der Waals surface area (Å²) < 4.78 is 30.8. The Morgan fingerprint density at radius 1 is 1.31 bits per heavy atom. The molecule has 2 aromatic carbocycles. The molecular formula is C20H22ClN3O4S. The van der Waals surface area contributed by atoms with Crippen molar-refractivity contribution in [1.29, 1.82) is 0 Å². The lowest BCUT2D eigenvalue weighted by Gasteiger charge is -2.23. The van der Waals surface area contributed by atoms with Gasteiger partial charge in [0.15, 0.2) is 0 Å². The molecule has 0 bridgehead atoms.